The van der Waals surface area contributed by atoms with Gasteiger partial charge in [0, 0.05) is 5.56 Å². The SMILES string of the molecule is CCNCc1ccc(-c2cccc(OC(C)C)c2)o1. The normalized spacial score (nSPS) is 10.9. The van der Waals surface area contributed by atoms with Crippen LogP contribution in [0.3, 0.4) is 0 Å². The number of hydrogen-bond donors (Lipinski definition) is 1. The van der Waals surface area contributed by atoms with E-state index < -0.39 is 0 Å². The Kier molecular flexibility index (Phi) is 4.63. The van der Waals surface area contributed by atoms with Crippen LogP contribution in [0, 0.1) is 0 Å². The Bertz CT molecular complexity index is 517. The van der Waals surface area contributed by atoms with E-state index in [9.17, 15) is 0 Å². The third-order valence-corrected chi connectivity index (χ3v) is 2.70. The van der Waals surface area contributed by atoms with Crippen molar-refractivity contribution in [2.75, 3.05) is 6.54 Å². The van der Waals surface area contributed by atoms with Gasteiger partial charge in [-0.2, -0.15) is 0 Å². The summed E-state index contributed by atoms with van der Waals surface area (Å²) in [6.45, 7) is 7.82. The summed E-state index contributed by atoms with van der Waals surface area (Å²) < 4.78 is 11.5. The fourth-order valence-corrected chi connectivity index (χ4v) is 1.87. The van der Waals surface area contributed by atoms with Gasteiger partial charge in [0.25, 0.3) is 0 Å². The van der Waals surface area contributed by atoms with E-state index in [-0.39, 0.29) is 6.10 Å². The lowest BCUT2D eigenvalue weighted by Gasteiger charge is -2.10. The van der Waals surface area contributed by atoms with E-state index in [1.165, 1.54) is 0 Å². The monoisotopic (exact) mass is 259 g/mol. The largest absolute Gasteiger partial charge is 0.491 e. The van der Waals surface area contributed by atoms with Gasteiger partial charge in [-0.1, -0.05) is 19.1 Å². The lowest BCUT2D eigenvalue weighted by molar-refractivity contribution is 0.242. The minimum absolute atomic E-state index is 0.177. The molecule has 2 rings (SSSR count). The maximum Gasteiger partial charge on any atom is 0.134 e. The second-order valence-electron chi connectivity index (χ2n) is 4.74. The maximum atomic E-state index is 5.81. The molecule has 102 valence electrons. The molecule has 0 atom stereocenters. The zero-order valence-corrected chi connectivity index (χ0v) is 11.8. The molecule has 1 aromatic heterocycles. The second-order valence-corrected chi connectivity index (χ2v) is 4.74. The van der Waals surface area contributed by atoms with Crippen molar-refractivity contribution in [3.8, 4) is 17.1 Å². The molecule has 2 aromatic rings. The molecule has 1 N–H and O–H groups in total. The van der Waals surface area contributed by atoms with Crippen LogP contribution in [0.4, 0.5) is 0 Å². The first kappa shape index (κ1) is 13.7. The quantitative estimate of drug-likeness (QED) is 0.855. The van der Waals surface area contributed by atoms with Gasteiger partial charge in [-0.15, -0.1) is 0 Å². The molecule has 1 aromatic carbocycles. The topological polar surface area (TPSA) is 34.4 Å². The Morgan fingerprint density at radius 2 is 2.05 bits per heavy atom. The van der Waals surface area contributed by atoms with Crippen LogP contribution in [0.15, 0.2) is 40.8 Å². The highest BCUT2D eigenvalue weighted by Gasteiger charge is 2.06. The highest BCUT2D eigenvalue weighted by molar-refractivity contribution is 5.59. The first-order chi connectivity index (χ1) is 9.19. The van der Waals surface area contributed by atoms with Gasteiger partial charge in [0.05, 0.1) is 12.6 Å². The summed E-state index contributed by atoms with van der Waals surface area (Å²) in [7, 11) is 0. The van der Waals surface area contributed by atoms with Crippen LogP contribution < -0.4 is 10.1 Å². The summed E-state index contributed by atoms with van der Waals surface area (Å²) in [6.07, 6.45) is 0.177. The first-order valence-electron chi connectivity index (χ1n) is 6.75. The van der Waals surface area contributed by atoms with Crippen molar-refractivity contribution in [2.24, 2.45) is 0 Å². The smallest absolute Gasteiger partial charge is 0.134 e. The van der Waals surface area contributed by atoms with E-state index in [1.807, 2.05) is 50.2 Å². The summed E-state index contributed by atoms with van der Waals surface area (Å²) in [5.41, 5.74) is 1.04. The summed E-state index contributed by atoms with van der Waals surface area (Å²) in [5.74, 6) is 2.70. The number of ether oxygens (including phenoxy) is 1. The molecule has 0 aliphatic carbocycles. The van der Waals surface area contributed by atoms with Gasteiger partial charge >= 0.3 is 0 Å². The molecule has 0 fully saturated rings. The van der Waals surface area contributed by atoms with Crippen molar-refractivity contribution >= 4 is 0 Å². The molecule has 1 heterocycles. The standard InChI is InChI=1S/C16H21NO2/c1-4-17-11-15-8-9-16(19-15)13-6-5-7-14(10-13)18-12(2)3/h5-10,12,17H,4,11H2,1-3H3. The van der Waals surface area contributed by atoms with Crippen LogP contribution in [-0.4, -0.2) is 12.6 Å². The lowest BCUT2D eigenvalue weighted by Crippen LogP contribution is -2.10. The van der Waals surface area contributed by atoms with E-state index in [1.54, 1.807) is 0 Å². The van der Waals surface area contributed by atoms with Crippen molar-refractivity contribution in [1.29, 1.82) is 0 Å². The van der Waals surface area contributed by atoms with Crippen LogP contribution >= 0.6 is 0 Å². The zero-order valence-electron chi connectivity index (χ0n) is 11.8. The van der Waals surface area contributed by atoms with E-state index in [4.69, 9.17) is 9.15 Å². The van der Waals surface area contributed by atoms with Gasteiger partial charge in [-0.25, -0.2) is 0 Å². The van der Waals surface area contributed by atoms with Crippen LogP contribution in [0.2, 0.25) is 0 Å². The molecule has 0 spiro atoms. The molecule has 0 unspecified atom stereocenters. The van der Waals surface area contributed by atoms with Gasteiger partial charge in [0.15, 0.2) is 0 Å². The van der Waals surface area contributed by atoms with E-state index in [0.29, 0.717) is 0 Å². The van der Waals surface area contributed by atoms with Gasteiger partial charge in [0.2, 0.25) is 0 Å². The van der Waals surface area contributed by atoms with Crippen LogP contribution in [0.25, 0.3) is 11.3 Å². The number of rotatable bonds is 6. The summed E-state index contributed by atoms with van der Waals surface area (Å²) in [4.78, 5) is 0. The van der Waals surface area contributed by atoms with Crippen molar-refractivity contribution in [3.05, 3.63) is 42.2 Å². The minimum Gasteiger partial charge on any atom is -0.491 e. The second kappa shape index (κ2) is 6.43. The number of hydrogen-bond acceptors (Lipinski definition) is 3. The van der Waals surface area contributed by atoms with Crippen molar-refractivity contribution in [3.63, 3.8) is 0 Å². The number of nitrogens with one attached hydrogen (secondary N) is 1. The Balaban J connectivity index is 2.14. The van der Waals surface area contributed by atoms with Crippen LogP contribution in [0.5, 0.6) is 5.75 Å². The van der Waals surface area contributed by atoms with Crippen molar-refractivity contribution < 1.29 is 9.15 Å². The molecule has 0 aliphatic rings. The highest BCUT2D eigenvalue weighted by atomic mass is 16.5. The van der Waals surface area contributed by atoms with Crippen molar-refractivity contribution in [2.45, 2.75) is 33.4 Å². The van der Waals surface area contributed by atoms with Gasteiger partial charge in [0.1, 0.15) is 17.3 Å². The molecular weight excluding hydrogens is 238 g/mol. The lowest BCUT2D eigenvalue weighted by atomic mass is 10.1. The average molecular weight is 259 g/mol. The average Bonchev–Trinajstić information content (AvgIpc) is 2.84. The van der Waals surface area contributed by atoms with Gasteiger partial charge in [-0.05, 0) is 44.7 Å². The number of furan rings is 1. The van der Waals surface area contributed by atoms with E-state index in [0.717, 1.165) is 35.9 Å². The summed E-state index contributed by atoms with van der Waals surface area (Å²) in [6, 6.07) is 12.0. The highest BCUT2D eigenvalue weighted by Crippen LogP contribution is 2.26. The van der Waals surface area contributed by atoms with E-state index in [2.05, 4.69) is 12.2 Å². The van der Waals surface area contributed by atoms with Gasteiger partial charge < -0.3 is 14.5 Å². The Morgan fingerprint density at radius 3 is 2.79 bits per heavy atom. The zero-order chi connectivity index (χ0) is 13.7. The molecule has 0 saturated carbocycles. The fourth-order valence-electron chi connectivity index (χ4n) is 1.87. The first-order valence-corrected chi connectivity index (χ1v) is 6.75. The minimum atomic E-state index is 0.177. The van der Waals surface area contributed by atoms with Crippen molar-refractivity contribution in [1.82, 2.24) is 5.32 Å². The fraction of sp³-hybridized carbons (Fsp3) is 0.375. The predicted molar refractivity (Wildman–Crippen MR) is 77.3 cm³/mol. The molecule has 0 saturated heterocycles. The molecule has 3 nitrogen and oxygen atoms in total. The predicted octanol–water partition coefficient (Wildman–Crippen LogP) is 3.84. The summed E-state index contributed by atoms with van der Waals surface area (Å²) in [5, 5.41) is 3.25. The third kappa shape index (κ3) is 3.86. The summed E-state index contributed by atoms with van der Waals surface area (Å²) >= 11 is 0. The molecule has 0 amide bonds. The van der Waals surface area contributed by atoms with E-state index >= 15 is 0 Å². The molecule has 0 aliphatic heterocycles. The van der Waals surface area contributed by atoms with Crippen LogP contribution in [-0.2, 0) is 6.54 Å². The molecule has 0 bridgehead atoms. The van der Waals surface area contributed by atoms with Gasteiger partial charge in [-0.3, -0.25) is 0 Å². The Labute approximate surface area is 114 Å². The molecule has 19 heavy (non-hydrogen) atoms. The van der Waals surface area contributed by atoms with Crippen LogP contribution in [0.1, 0.15) is 26.5 Å². The maximum absolute atomic E-state index is 5.81. The third-order valence-electron chi connectivity index (χ3n) is 2.70. The number of benzene rings is 1. The Hall–Kier alpha value is -1.74. The molecule has 0 radical (unpaired) electrons. The molecular formula is C16H21NO2. The molecule has 3 heteroatoms. The Morgan fingerprint density at radius 1 is 1.21 bits per heavy atom.